The van der Waals surface area contributed by atoms with Crippen molar-refractivity contribution in [1.82, 2.24) is 0 Å². The molecule has 0 aliphatic heterocycles. The molecule has 0 saturated carbocycles. The summed E-state index contributed by atoms with van der Waals surface area (Å²) in [5, 5.41) is 8.57. The van der Waals surface area contributed by atoms with Gasteiger partial charge in [0.15, 0.2) is 0 Å². The Bertz CT molecular complexity index is 79.7. The Labute approximate surface area is 138 Å². The molecule has 0 heterocycles. The maximum atomic E-state index is 8.57. The predicted octanol–water partition coefficient (Wildman–Crippen LogP) is 0.727. The van der Waals surface area contributed by atoms with Crippen LogP contribution >= 0.6 is 0 Å². The van der Waals surface area contributed by atoms with Crippen molar-refractivity contribution in [3.05, 3.63) is 0 Å². The predicted molar refractivity (Wildman–Crippen MR) is 60.9 cm³/mol. The molecule has 3 heteroatoms. The minimum absolute atomic E-state index is 0. The zero-order chi connectivity index (χ0) is 9.78. The van der Waals surface area contributed by atoms with Gasteiger partial charge in [-0.05, 0) is 6.42 Å². The van der Waals surface area contributed by atoms with E-state index < -0.39 is 0 Å². The second-order valence-corrected chi connectivity index (χ2v) is 3.91. The zero-order valence-corrected chi connectivity index (χ0v) is 13.8. The van der Waals surface area contributed by atoms with Gasteiger partial charge in [-0.2, -0.15) is 0 Å². The average Bonchev–Trinajstić information content (AvgIpc) is 2.16. The van der Waals surface area contributed by atoms with E-state index in [2.05, 4.69) is 6.92 Å². The summed E-state index contributed by atoms with van der Waals surface area (Å²) in [4.78, 5) is 0. The summed E-state index contributed by atoms with van der Waals surface area (Å²) in [5.41, 5.74) is 0. The molecule has 0 aromatic carbocycles. The van der Waals surface area contributed by atoms with E-state index >= 15 is 0 Å². The first-order valence-corrected chi connectivity index (χ1v) is 6.02. The van der Waals surface area contributed by atoms with E-state index in [-0.39, 0.29) is 56.9 Å². The molecule has 0 rings (SSSR count). The third kappa shape index (κ3) is 21.4. The van der Waals surface area contributed by atoms with Crippen LogP contribution in [0.4, 0.5) is 0 Å². The molecule has 0 aliphatic carbocycles. The van der Waals surface area contributed by atoms with E-state index in [4.69, 9.17) is 5.11 Å². The summed E-state index contributed by atoms with van der Waals surface area (Å²) in [6, 6.07) is 0. The SMILES string of the molecule is CCCCCCCCCCCCO.[K+].[OH-]. The molecule has 0 bridgehead atoms. The van der Waals surface area contributed by atoms with Crippen LogP contribution in [0.25, 0.3) is 0 Å². The minimum Gasteiger partial charge on any atom is -0.870 e. The average molecular weight is 242 g/mol. The topological polar surface area (TPSA) is 50.2 Å². The van der Waals surface area contributed by atoms with Crippen molar-refractivity contribution >= 4 is 0 Å². The Morgan fingerprint density at radius 2 is 1.00 bits per heavy atom. The van der Waals surface area contributed by atoms with Crippen LogP contribution < -0.4 is 51.4 Å². The third-order valence-electron chi connectivity index (χ3n) is 2.51. The summed E-state index contributed by atoms with van der Waals surface area (Å²) >= 11 is 0. The van der Waals surface area contributed by atoms with Gasteiger partial charge in [-0.25, -0.2) is 0 Å². The molecule has 0 fully saturated rings. The zero-order valence-electron chi connectivity index (χ0n) is 10.7. The van der Waals surface area contributed by atoms with E-state index in [1.165, 1.54) is 57.8 Å². The second kappa shape index (κ2) is 20.9. The molecule has 88 valence electrons. The van der Waals surface area contributed by atoms with Gasteiger partial charge in [0, 0.05) is 6.61 Å². The van der Waals surface area contributed by atoms with E-state index in [9.17, 15) is 0 Å². The van der Waals surface area contributed by atoms with E-state index in [1.807, 2.05) is 0 Å². The van der Waals surface area contributed by atoms with Gasteiger partial charge in [-0.3, -0.25) is 0 Å². The van der Waals surface area contributed by atoms with Crippen LogP contribution in [-0.2, 0) is 0 Å². The summed E-state index contributed by atoms with van der Waals surface area (Å²) in [6.45, 7) is 2.63. The van der Waals surface area contributed by atoms with Gasteiger partial charge in [0.05, 0.1) is 0 Å². The number of aliphatic hydroxyl groups is 1. The van der Waals surface area contributed by atoms with Gasteiger partial charge in [0.2, 0.25) is 0 Å². The third-order valence-corrected chi connectivity index (χ3v) is 2.51. The Balaban J connectivity index is -0.000000720. The van der Waals surface area contributed by atoms with Crippen molar-refractivity contribution in [3.8, 4) is 0 Å². The summed E-state index contributed by atoms with van der Waals surface area (Å²) < 4.78 is 0. The molecule has 15 heavy (non-hydrogen) atoms. The van der Waals surface area contributed by atoms with Crippen molar-refractivity contribution in [2.24, 2.45) is 0 Å². The van der Waals surface area contributed by atoms with E-state index in [0.29, 0.717) is 6.61 Å². The molecular weight excluding hydrogens is 215 g/mol. The molecule has 0 atom stereocenters. The smallest absolute Gasteiger partial charge is 0.870 e. The van der Waals surface area contributed by atoms with Gasteiger partial charge in [0.1, 0.15) is 0 Å². The maximum Gasteiger partial charge on any atom is 1.00 e. The number of unbranched alkanes of at least 4 members (excludes halogenated alkanes) is 9. The van der Waals surface area contributed by atoms with Gasteiger partial charge >= 0.3 is 51.4 Å². The molecule has 0 spiro atoms. The van der Waals surface area contributed by atoms with E-state index in [0.717, 1.165) is 6.42 Å². The Morgan fingerprint density at radius 1 is 0.667 bits per heavy atom. The number of hydrogen-bond donors (Lipinski definition) is 1. The maximum absolute atomic E-state index is 8.57. The van der Waals surface area contributed by atoms with Crippen molar-refractivity contribution in [2.75, 3.05) is 6.61 Å². The summed E-state index contributed by atoms with van der Waals surface area (Å²) in [5.74, 6) is 0. The van der Waals surface area contributed by atoms with Crippen LogP contribution in [0.2, 0.25) is 0 Å². The van der Waals surface area contributed by atoms with Crippen LogP contribution in [0.5, 0.6) is 0 Å². The Kier molecular flexibility index (Phi) is 30.4. The Hall–Kier alpha value is 1.56. The summed E-state index contributed by atoms with van der Waals surface area (Å²) in [6.07, 6.45) is 13.3. The summed E-state index contributed by atoms with van der Waals surface area (Å²) in [7, 11) is 0. The van der Waals surface area contributed by atoms with Gasteiger partial charge in [-0.1, -0.05) is 64.7 Å². The molecule has 2 nitrogen and oxygen atoms in total. The number of aliphatic hydroxyl groups excluding tert-OH is 1. The van der Waals surface area contributed by atoms with Crippen LogP contribution in [0.1, 0.15) is 71.1 Å². The standard InChI is InChI=1S/C12H26O.K.H2O/c1-2-3-4-5-6-7-8-9-10-11-12-13;;/h13H,2-12H2,1H3;;1H2/q;+1;/p-1. The first-order chi connectivity index (χ1) is 6.41. The molecule has 0 amide bonds. The Morgan fingerprint density at radius 3 is 1.33 bits per heavy atom. The van der Waals surface area contributed by atoms with Gasteiger partial charge in [0.25, 0.3) is 0 Å². The quantitative estimate of drug-likeness (QED) is 0.453. The fourth-order valence-electron chi connectivity index (χ4n) is 1.60. The molecule has 0 radical (unpaired) electrons. The largest absolute Gasteiger partial charge is 1.00 e. The second-order valence-electron chi connectivity index (χ2n) is 3.91. The molecule has 0 aliphatic rings. The molecule has 0 unspecified atom stereocenters. The van der Waals surface area contributed by atoms with Crippen LogP contribution in [0.3, 0.4) is 0 Å². The first-order valence-electron chi connectivity index (χ1n) is 6.02. The normalized spacial score (nSPS) is 9.20. The van der Waals surface area contributed by atoms with Crippen molar-refractivity contribution in [3.63, 3.8) is 0 Å². The van der Waals surface area contributed by atoms with Gasteiger partial charge < -0.3 is 10.6 Å². The van der Waals surface area contributed by atoms with Crippen LogP contribution in [0.15, 0.2) is 0 Å². The first kappa shape index (κ1) is 21.8. The fourth-order valence-corrected chi connectivity index (χ4v) is 1.60. The van der Waals surface area contributed by atoms with Crippen molar-refractivity contribution < 1.29 is 62.0 Å². The van der Waals surface area contributed by atoms with Crippen LogP contribution in [-0.4, -0.2) is 17.2 Å². The number of rotatable bonds is 10. The van der Waals surface area contributed by atoms with E-state index in [1.54, 1.807) is 0 Å². The fraction of sp³-hybridized carbons (Fsp3) is 1.00. The monoisotopic (exact) mass is 242 g/mol. The van der Waals surface area contributed by atoms with Crippen molar-refractivity contribution in [1.29, 1.82) is 0 Å². The number of hydrogen-bond acceptors (Lipinski definition) is 2. The molecule has 0 saturated heterocycles. The molecular formula is C12H27KO2. The molecule has 0 aromatic heterocycles. The van der Waals surface area contributed by atoms with Crippen molar-refractivity contribution in [2.45, 2.75) is 71.1 Å². The molecule has 0 aromatic rings. The molecule has 2 N–H and O–H groups in total. The minimum atomic E-state index is 0. The van der Waals surface area contributed by atoms with Crippen LogP contribution in [0, 0.1) is 0 Å². The van der Waals surface area contributed by atoms with Gasteiger partial charge in [-0.15, -0.1) is 0 Å².